The highest BCUT2D eigenvalue weighted by molar-refractivity contribution is 7.89. The van der Waals surface area contributed by atoms with Crippen LogP contribution in [-0.4, -0.2) is 15.5 Å². The fraction of sp³-hybridized carbons (Fsp3) is 0.143. The van der Waals surface area contributed by atoms with E-state index < -0.39 is 10.0 Å². The first-order valence-corrected chi connectivity index (χ1v) is 7.52. The molecule has 2 N–H and O–H groups in total. The number of anilines is 1. The zero-order chi connectivity index (χ0) is 14.6. The molecule has 2 aromatic carbocycles. The van der Waals surface area contributed by atoms with Gasteiger partial charge >= 0.3 is 0 Å². The third-order valence-corrected chi connectivity index (χ3v) is 4.27. The van der Waals surface area contributed by atoms with Gasteiger partial charge in [0.05, 0.1) is 4.90 Å². The van der Waals surface area contributed by atoms with Gasteiger partial charge in [-0.1, -0.05) is 24.3 Å². The minimum atomic E-state index is -3.48. The first-order valence-electron chi connectivity index (χ1n) is 6.04. The standard InChI is InChI=1S/C14H15FN2O2S/c1-16-20(18,19)13-7-4-6-12(9-13)17-10-11-5-2-3-8-14(11)15/h2-9,16-17H,10H2,1H3. The third kappa shape index (κ3) is 3.34. The summed E-state index contributed by atoms with van der Waals surface area (Å²) in [5, 5.41) is 3.01. The number of hydrogen-bond donors (Lipinski definition) is 2. The van der Waals surface area contributed by atoms with E-state index >= 15 is 0 Å². The van der Waals surface area contributed by atoms with Gasteiger partial charge in [0.25, 0.3) is 0 Å². The predicted molar refractivity (Wildman–Crippen MR) is 76.4 cm³/mol. The van der Waals surface area contributed by atoms with Crippen LogP contribution in [0.25, 0.3) is 0 Å². The number of hydrogen-bond acceptors (Lipinski definition) is 3. The minimum Gasteiger partial charge on any atom is -0.381 e. The second-order valence-corrected chi connectivity index (χ2v) is 6.07. The topological polar surface area (TPSA) is 58.2 Å². The first kappa shape index (κ1) is 14.5. The van der Waals surface area contributed by atoms with Crippen molar-refractivity contribution in [3.8, 4) is 0 Å². The van der Waals surface area contributed by atoms with Gasteiger partial charge in [-0.2, -0.15) is 0 Å². The van der Waals surface area contributed by atoms with E-state index in [2.05, 4.69) is 10.0 Å². The maximum atomic E-state index is 13.5. The fourth-order valence-corrected chi connectivity index (χ4v) is 2.51. The van der Waals surface area contributed by atoms with Gasteiger partial charge in [-0.3, -0.25) is 0 Å². The van der Waals surface area contributed by atoms with Crippen molar-refractivity contribution in [3.05, 3.63) is 59.9 Å². The molecule has 0 amide bonds. The Balaban J connectivity index is 2.15. The summed E-state index contributed by atoms with van der Waals surface area (Å²) >= 11 is 0. The average Bonchev–Trinajstić information content (AvgIpc) is 2.47. The molecule has 20 heavy (non-hydrogen) atoms. The zero-order valence-corrected chi connectivity index (χ0v) is 11.7. The highest BCUT2D eigenvalue weighted by Crippen LogP contribution is 2.16. The van der Waals surface area contributed by atoms with E-state index in [-0.39, 0.29) is 17.3 Å². The van der Waals surface area contributed by atoms with E-state index in [9.17, 15) is 12.8 Å². The van der Waals surface area contributed by atoms with Crippen LogP contribution in [0.15, 0.2) is 53.4 Å². The van der Waals surface area contributed by atoms with Crippen molar-refractivity contribution in [2.75, 3.05) is 12.4 Å². The molecular weight excluding hydrogens is 279 g/mol. The molecule has 6 heteroatoms. The summed E-state index contributed by atoms with van der Waals surface area (Å²) in [6.45, 7) is 0.287. The van der Waals surface area contributed by atoms with Gasteiger partial charge in [0.1, 0.15) is 5.82 Å². The van der Waals surface area contributed by atoms with Crippen LogP contribution in [0.2, 0.25) is 0 Å². The van der Waals surface area contributed by atoms with Crippen LogP contribution in [0.3, 0.4) is 0 Å². The molecule has 0 radical (unpaired) electrons. The molecule has 0 atom stereocenters. The van der Waals surface area contributed by atoms with E-state index in [1.807, 2.05) is 0 Å². The maximum Gasteiger partial charge on any atom is 0.240 e. The minimum absolute atomic E-state index is 0.165. The Hall–Kier alpha value is -1.92. The number of benzene rings is 2. The van der Waals surface area contributed by atoms with Crippen LogP contribution in [0.1, 0.15) is 5.56 Å². The molecule has 4 nitrogen and oxygen atoms in total. The monoisotopic (exact) mass is 294 g/mol. The van der Waals surface area contributed by atoms with Gasteiger partial charge in [0.2, 0.25) is 10.0 Å². The van der Waals surface area contributed by atoms with E-state index in [4.69, 9.17) is 0 Å². The number of nitrogens with one attached hydrogen (secondary N) is 2. The average molecular weight is 294 g/mol. The van der Waals surface area contributed by atoms with Gasteiger partial charge < -0.3 is 5.32 Å². The van der Waals surface area contributed by atoms with Crippen molar-refractivity contribution in [1.29, 1.82) is 0 Å². The summed E-state index contributed by atoms with van der Waals surface area (Å²) in [5.41, 5.74) is 1.14. The Morgan fingerprint density at radius 2 is 1.85 bits per heavy atom. The lowest BCUT2D eigenvalue weighted by atomic mass is 10.2. The summed E-state index contributed by atoms with van der Waals surface area (Å²) < 4.78 is 39.1. The predicted octanol–water partition coefficient (Wildman–Crippen LogP) is 2.35. The molecule has 0 aromatic heterocycles. The van der Waals surface area contributed by atoms with Gasteiger partial charge in [0, 0.05) is 17.8 Å². The molecule has 0 aliphatic heterocycles. The summed E-state index contributed by atoms with van der Waals surface area (Å²) in [4.78, 5) is 0.165. The molecule has 106 valence electrons. The fourth-order valence-electron chi connectivity index (χ4n) is 1.73. The zero-order valence-electron chi connectivity index (χ0n) is 10.9. The summed E-state index contributed by atoms with van der Waals surface area (Å²) in [7, 11) is -2.12. The quantitative estimate of drug-likeness (QED) is 0.890. The van der Waals surface area contributed by atoms with Crippen molar-refractivity contribution in [1.82, 2.24) is 4.72 Å². The van der Waals surface area contributed by atoms with E-state index in [1.165, 1.54) is 25.2 Å². The second-order valence-electron chi connectivity index (χ2n) is 4.18. The summed E-state index contributed by atoms with van der Waals surface area (Å²) in [5.74, 6) is -0.293. The Kier molecular flexibility index (Phi) is 4.36. The molecule has 0 saturated heterocycles. The van der Waals surface area contributed by atoms with E-state index in [0.717, 1.165) is 0 Å². The van der Waals surface area contributed by atoms with Crippen LogP contribution < -0.4 is 10.0 Å². The molecule has 0 spiro atoms. The molecule has 0 fully saturated rings. The van der Waals surface area contributed by atoms with E-state index in [0.29, 0.717) is 11.3 Å². The molecule has 0 unspecified atom stereocenters. The van der Waals surface area contributed by atoms with Crippen molar-refractivity contribution >= 4 is 15.7 Å². The number of sulfonamides is 1. The van der Waals surface area contributed by atoms with Crippen molar-refractivity contribution in [2.45, 2.75) is 11.4 Å². The van der Waals surface area contributed by atoms with Gasteiger partial charge in [-0.25, -0.2) is 17.5 Å². The van der Waals surface area contributed by atoms with Crippen LogP contribution in [0, 0.1) is 5.82 Å². The third-order valence-electron chi connectivity index (χ3n) is 2.85. The lowest BCUT2D eigenvalue weighted by Gasteiger charge is -2.09. The Morgan fingerprint density at radius 1 is 1.10 bits per heavy atom. The van der Waals surface area contributed by atoms with E-state index in [1.54, 1.807) is 30.3 Å². The summed E-state index contributed by atoms with van der Waals surface area (Å²) in [6.07, 6.45) is 0. The number of rotatable bonds is 5. The summed E-state index contributed by atoms with van der Waals surface area (Å²) in [6, 6.07) is 12.8. The Morgan fingerprint density at radius 3 is 2.55 bits per heavy atom. The second kappa shape index (κ2) is 6.02. The Labute approximate surface area is 117 Å². The van der Waals surface area contributed by atoms with Crippen LogP contribution in [0.5, 0.6) is 0 Å². The smallest absolute Gasteiger partial charge is 0.240 e. The highest BCUT2D eigenvalue weighted by Gasteiger charge is 2.11. The van der Waals surface area contributed by atoms with Crippen LogP contribution in [-0.2, 0) is 16.6 Å². The lowest BCUT2D eigenvalue weighted by molar-refractivity contribution is 0.588. The molecule has 0 bridgehead atoms. The molecule has 0 heterocycles. The normalized spacial score (nSPS) is 11.3. The van der Waals surface area contributed by atoms with Crippen LogP contribution in [0.4, 0.5) is 10.1 Å². The van der Waals surface area contributed by atoms with Gasteiger partial charge in [-0.15, -0.1) is 0 Å². The molecule has 2 aromatic rings. The van der Waals surface area contributed by atoms with Crippen molar-refractivity contribution in [3.63, 3.8) is 0 Å². The lowest BCUT2D eigenvalue weighted by Crippen LogP contribution is -2.18. The highest BCUT2D eigenvalue weighted by atomic mass is 32.2. The molecule has 0 aliphatic rings. The molecule has 2 rings (SSSR count). The maximum absolute atomic E-state index is 13.5. The Bertz CT molecular complexity index is 702. The van der Waals surface area contributed by atoms with Gasteiger partial charge in [0.15, 0.2) is 0 Å². The largest absolute Gasteiger partial charge is 0.381 e. The van der Waals surface area contributed by atoms with Crippen molar-refractivity contribution < 1.29 is 12.8 Å². The van der Waals surface area contributed by atoms with Crippen molar-refractivity contribution in [2.24, 2.45) is 0 Å². The molecule has 0 aliphatic carbocycles. The van der Waals surface area contributed by atoms with Gasteiger partial charge in [-0.05, 0) is 31.3 Å². The SMILES string of the molecule is CNS(=O)(=O)c1cccc(NCc2ccccc2F)c1. The molecule has 0 saturated carbocycles. The number of halogens is 1. The first-order chi connectivity index (χ1) is 9.53. The van der Waals surface area contributed by atoms with Crippen LogP contribution >= 0.6 is 0 Å². The molecular formula is C14H15FN2O2S.